The number of rotatable bonds is 7. The number of benzene rings is 3. The highest BCUT2D eigenvalue weighted by Gasteiger charge is 2.11. The van der Waals surface area contributed by atoms with Gasteiger partial charge in [0.05, 0.1) is 18.1 Å². The summed E-state index contributed by atoms with van der Waals surface area (Å²) in [5, 5.41) is 0.372. The van der Waals surface area contributed by atoms with Crippen molar-refractivity contribution >= 4 is 23.0 Å². The molecule has 6 nitrogen and oxygen atoms in total. The van der Waals surface area contributed by atoms with E-state index < -0.39 is 5.97 Å². The van der Waals surface area contributed by atoms with Gasteiger partial charge in [0, 0.05) is 6.07 Å². The van der Waals surface area contributed by atoms with E-state index in [9.17, 15) is 9.59 Å². The van der Waals surface area contributed by atoms with Gasteiger partial charge in [0.2, 0.25) is 11.2 Å². The molecule has 0 radical (unpaired) electrons. The predicted octanol–water partition coefficient (Wildman–Crippen LogP) is 5.59. The Bertz CT molecular complexity index is 1320. The van der Waals surface area contributed by atoms with E-state index in [2.05, 4.69) is 11.3 Å². The van der Waals surface area contributed by atoms with E-state index in [1.807, 2.05) is 24.3 Å². The Morgan fingerprint density at radius 2 is 1.72 bits per heavy atom. The fraction of sp³-hybridized carbons (Fsp3) is 0.0769. The molecular weight excluding hydrogens is 408 g/mol. The first kappa shape index (κ1) is 20.9. The Hall–Kier alpha value is -4.32. The maximum atomic E-state index is 12.8. The van der Waals surface area contributed by atoms with E-state index in [1.54, 1.807) is 48.5 Å². The monoisotopic (exact) mass is 428 g/mol. The highest BCUT2D eigenvalue weighted by Crippen LogP contribution is 2.25. The van der Waals surface area contributed by atoms with E-state index in [0.717, 1.165) is 11.1 Å². The Morgan fingerprint density at radius 1 is 1.00 bits per heavy atom. The molecule has 0 atom stereocenters. The van der Waals surface area contributed by atoms with Crippen molar-refractivity contribution in [1.29, 1.82) is 0 Å². The number of carbonyl (C=O) groups is 1. The third kappa shape index (κ3) is 4.54. The van der Waals surface area contributed by atoms with Crippen LogP contribution in [-0.4, -0.2) is 13.1 Å². The van der Waals surface area contributed by atoms with Crippen molar-refractivity contribution in [1.82, 2.24) is 0 Å². The van der Waals surface area contributed by atoms with E-state index >= 15 is 0 Å². The van der Waals surface area contributed by atoms with Gasteiger partial charge in [0.25, 0.3) is 0 Å². The number of fused-ring (bicyclic) bond motifs is 1. The summed E-state index contributed by atoms with van der Waals surface area (Å²) in [5.74, 6) is 0.570. The van der Waals surface area contributed by atoms with E-state index in [4.69, 9.17) is 13.9 Å². The van der Waals surface area contributed by atoms with Crippen molar-refractivity contribution in [3.63, 3.8) is 0 Å². The number of ether oxygens (including phenoxy) is 3. The molecule has 4 aromatic rings. The summed E-state index contributed by atoms with van der Waals surface area (Å²) in [7, 11) is 1.31. The lowest BCUT2D eigenvalue weighted by atomic mass is 10.1. The van der Waals surface area contributed by atoms with Crippen LogP contribution < -0.4 is 14.9 Å². The molecular formula is C26H20O6. The lowest BCUT2D eigenvalue weighted by Gasteiger charge is -2.09. The van der Waals surface area contributed by atoms with Gasteiger partial charge in [0.1, 0.15) is 30.0 Å². The second kappa shape index (κ2) is 9.22. The van der Waals surface area contributed by atoms with Gasteiger partial charge in [-0.15, -0.1) is 0 Å². The van der Waals surface area contributed by atoms with Crippen LogP contribution >= 0.6 is 0 Å². The van der Waals surface area contributed by atoms with Crippen LogP contribution in [0, 0.1) is 0 Å². The van der Waals surface area contributed by atoms with Crippen molar-refractivity contribution in [2.45, 2.75) is 6.61 Å². The van der Waals surface area contributed by atoms with Gasteiger partial charge in [-0.1, -0.05) is 36.9 Å². The minimum absolute atomic E-state index is 0.0410. The third-order valence-electron chi connectivity index (χ3n) is 4.84. The van der Waals surface area contributed by atoms with Crippen molar-refractivity contribution in [3.8, 4) is 17.2 Å². The summed E-state index contributed by atoms with van der Waals surface area (Å²) in [6, 6.07) is 19.2. The first-order valence-corrected chi connectivity index (χ1v) is 9.83. The summed E-state index contributed by atoms with van der Waals surface area (Å²) in [6.07, 6.45) is 3.04. The van der Waals surface area contributed by atoms with Crippen LogP contribution in [0.4, 0.5) is 0 Å². The smallest absolute Gasteiger partial charge is 0.337 e. The topological polar surface area (TPSA) is 75.0 Å². The summed E-state index contributed by atoms with van der Waals surface area (Å²) in [6.45, 7) is 4.12. The quantitative estimate of drug-likeness (QED) is 0.357. The van der Waals surface area contributed by atoms with E-state index in [1.165, 1.54) is 13.4 Å². The molecule has 0 fully saturated rings. The normalized spacial score (nSPS) is 10.5. The lowest BCUT2D eigenvalue weighted by molar-refractivity contribution is 0.0600. The molecule has 0 unspecified atom stereocenters. The maximum Gasteiger partial charge on any atom is 0.337 e. The van der Waals surface area contributed by atoms with Gasteiger partial charge in [-0.3, -0.25) is 4.79 Å². The van der Waals surface area contributed by atoms with Crippen LogP contribution in [0.25, 0.3) is 17.0 Å². The van der Waals surface area contributed by atoms with Gasteiger partial charge in [-0.05, 0) is 47.5 Å². The van der Waals surface area contributed by atoms with Crippen LogP contribution in [0.2, 0.25) is 0 Å². The maximum absolute atomic E-state index is 12.8. The Kier molecular flexibility index (Phi) is 6.03. The lowest BCUT2D eigenvalue weighted by Crippen LogP contribution is -2.05. The molecule has 1 aromatic heterocycles. The van der Waals surface area contributed by atoms with Gasteiger partial charge < -0.3 is 18.6 Å². The second-order valence-electron chi connectivity index (χ2n) is 6.94. The zero-order valence-corrected chi connectivity index (χ0v) is 17.4. The molecule has 32 heavy (non-hydrogen) atoms. The molecule has 3 aromatic carbocycles. The van der Waals surface area contributed by atoms with Crippen molar-refractivity contribution in [2.24, 2.45) is 0 Å². The number of hydrogen-bond donors (Lipinski definition) is 0. The number of methoxy groups -OCH3 is 1. The standard InChI is InChI=1S/C26H20O6/c1-3-17-4-6-18(7-5-17)15-30-21-12-13-22-23(14-21)31-16-24(25(22)27)32-20-10-8-19(9-11-20)26(28)29-2/h3-14,16H,1,15H2,2H3. The van der Waals surface area contributed by atoms with Gasteiger partial charge in [-0.2, -0.15) is 0 Å². The fourth-order valence-electron chi connectivity index (χ4n) is 3.07. The molecule has 0 aliphatic rings. The SMILES string of the molecule is C=Cc1ccc(COc2ccc3c(=O)c(Oc4ccc(C(=O)OC)cc4)coc3c2)cc1. The summed E-state index contributed by atoms with van der Waals surface area (Å²) >= 11 is 0. The van der Waals surface area contributed by atoms with Gasteiger partial charge in [-0.25, -0.2) is 4.79 Å². The van der Waals surface area contributed by atoms with Crippen LogP contribution in [0.5, 0.6) is 17.2 Å². The molecule has 0 bridgehead atoms. The number of esters is 1. The molecule has 1 heterocycles. The van der Waals surface area contributed by atoms with Gasteiger partial charge in [0.15, 0.2) is 0 Å². The first-order valence-electron chi connectivity index (χ1n) is 9.83. The average Bonchev–Trinajstić information content (AvgIpc) is 2.84. The summed E-state index contributed by atoms with van der Waals surface area (Å²) in [5.41, 5.74) is 2.52. The third-order valence-corrected chi connectivity index (χ3v) is 4.84. The molecule has 0 aliphatic carbocycles. The second-order valence-corrected chi connectivity index (χ2v) is 6.94. The number of carbonyl (C=O) groups excluding carboxylic acids is 1. The zero-order chi connectivity index (χ0) is 22.5. The molecule has 0 aliphatic heterocycles. The first-order chi connectivity index (χ1) is 15.6. The summed E-state index contributed by atoms with van der Waals surface area (Å²) in [4.78, 5) is 24.3. The van der Waals surface area contributed by atoms with Crippen LogP contribution in [-0.2, 0) is 11.3 Å². The van der Waals surface area contributed by atoms with Crippen molar-refractivity contribution in [3.05, 3.63) is 106 Å². The molecule has 6 heteroatoms. The molecule has 0 spiro atoms. The number of hydrogen-bond acceptors (Lipinski definition) is 6. The zero-order valence-electron chi connectivity index (χ0n) is 17.4. The molecule has 0 amide bonds. The minimum Gasteiger partial charge on any atom is -0.489 e. The Morgan fingerprint density at radius 3 is 2.41 bits per heavy atom. The Balaban J connectivity index is 1.49. The van der Waals surface area contributed by atoms with Crippen LogP contribution in [0.15, 0.2) is 88.8 Å². The van der Waals surface area contributed by atoms with Crippen molar-refractivity contribution in [2.75, 3.05) is 7.11 Å². The average molecular weight is 428 g/mol. The van der Waals surface area contributed by atoms with E-state index in [-0.39, 0.29) is 11.2 Å². The minimum atomic E-state index is -0.450. The Labute approximate surface area is 184 Å². The predicted molar refractivity (Wildman–Crippen MR) is 121 cm³/mol. The molecule has 160 valence electrons. The fourth-order valence-corrected chi connectivity index (χ4v) is 3.07. The van der Waals surface area contributed by atoms with Crippen molar-refractivity contribution < 1.29 is 23.4 Å². The summed E-state index contributed by atoms with van der Waals surface area (Å²) < 4.78 is 21.7. The largest absolute Gasteiger partial charge is 0.489 e. The van der Waals surface area contributed by atoms with Crippen LogP contribution in [0.1, 0.15) is 21.5 Å². The highest BCUT2D eigenvalue weighted by atomic mass is 16.5. The molecule has 4 rings (SSSR count). The highest BCUT2D eigenvalue weighted by molar-refractivity contribution is 5.89. The van der Waals surface area contributed by atoms with Gasteiger partial charge >= 0.3 is 5.97 Å². The van der Waals surface area contributed by atoms with E-state index in [0.29, 0.717) is 34.6 Å². The molecule has 0 saturated carbocycles. The van der Waals surface area contributed by atoms with Crippen LogP contribution in [0.3, 0.4) is 0 Å². The molecule has 0 saturated heterocycles. The molecule has 0 N–H and O–H groups in total.